The van der Waals surface area contributed by atoms with Gasteiger partial charge in [0, 0.05) is 19.2 Å². The second kappa shape index (κ2) is 6.58. The molecule has 0 fully saturated rings. The van der Waals surface area contributed by atoms with E-state index >= 15 is 0 Å². The van der Waals surface area contributed by atoms with Crippen molar-refractivity contribution in [3.63, 3.8) is 0 Å². The average Bonchev–Trinajstić information content (AvgIpc) is 2.28. The molecule has 1 unspecified atom stereocenters. The van der Waals surface area contributed by atoms with E-state index in [1.54, 1.807) is 19.2 Å². The molecule has 1 atom stereocenters. The molecule has 1 aromatic rings. The Morgan fingerprint density at radius 2 is 2.25 bits per heavy atom. The van der Waals surface area contributed by atoms with Crippen molar-refractivity contribution in [2.24, 2.45) is 0 Å². The molecule has 0 aliphatic rings. The van der Waals surface area contributed by atoms with Gasteiger partial charge in [0.25, 0.3) is 0 Å². The van der Waals surface area contributed by atoms with Crippen LogP contribution in [0.2, 0.25) is 0 Å². The van der Waals surface area contributed by atoms with Crippen molar-refractivity contribution in [1.82, 2.24) is 5.32 Å². The number of methoxy groups -OCH3 is 1. The maximum Gasteiger partial charge on any atom is 0.127 e. The third-order valence-electron chi connectivity index (χ3n) is 2.37. The van der Waals surface area contributed by atoms with E-state index in [0.29, 0.717) is 18.7 Å². The lowest BCUT2D eigenvalue weighted by Crippen LogP contribution is -2.36. The number of rotatable bonds is 6. The van der Waals surface area contributed by atoms with Crippen molar-refractivity contribution in [3.05, 3.63) is 35.1 Å². The molecule has 90 valence electrons. The molecule has 4 heteroatoms. The van der Waals surface area contributed by atoms with Crippen LogP contribution in [0, 0.1) is 12.7 Å². The number of aliphatic hydroxyl groups is 1. The van der Waals surface area contributed by atoms with E-state index in [0.717, 1.165) is 5.56 Å². The Hall–Kier alpha value is -0.970. The lowest BCUT2D eigenvalue weighted by Gasteiger charge is -2.15. The number of halogens is 1. The molecule has 0 radical (unpaired) electrons. The van der Waals surface area contributed by atoms with Crippen LogP contribution in [0.3, 0.4) is 0 Å². The summed E-state index contributed by atoms with van der Waals surface area (Å²) in [6.45, 7) is 2.69. The first-order valence-corrected chi connectivity index (χ1v) is 5.25. The molecule has 1 rings (SSSR count). The number of benzene rings is 1. The lowest BCUT2D eigenvalue weighted by atomic mass is 10.1. The van der Waals surface area contributed by atoms with Crippen LogP contribution >= 0.6 is 0 Å². The fourth-order valence-corrected chi connectivity index (χ4v) is 1.47. The van der Waals surface area contributed by atoms with Crippen LogP contribution in [0.4, 0.5) is 4.39 Å². The highest BCUT2D eigenvalue weighted by molar-refractivity contribution is 5.23. The summed E-state index contributed by atoms with van der Waals surface area (Å²) in [7, 11) is 1.57. The molecule has 0 saturated carbocycles. The molecule has 3 nitrogen and oxygen atoms in total. The largest absolute Gasteiger partial charge is 0.395 e. The number of ether oxygens (including phenoxy) is 1. The van der Waals surface area contributed by atoms with E-state index in [1.165, 1.54) is 6.07 Å². The number of hydrogen-bond donors (Lipinski definition) is 2. The van der Waals surface area contributed by atoms with Gasteiger partial charge in [-0.15, -0.1) is 0 Å². The van der Waals surface area contributed by atoms with Gasteiger partial charge in [0.05, 0.1) is 19.3 Å². The zero-order chi connectivity index (χ0) is 12.0. The van der Waals surface area contributed by atoms with Gasteiger partial charge in [-0.2, -0.15) is 0 Å². The topological polar surface area (TPSA) is 41.5 Å². The summed E-state index contributed by atoms with van der Waals surface area (Å²) in [6.07, 6.45) is 0. The van der Waals surface area contributed by atoms with E-state index < -0.39 is 0 Å². The number of nitrogens with one attached hydrogen (secondary N) is 1. The van der Waals surface area contributed by atoms with Gasteiger partial charge >= 0.3 is 0 Å². The Morgan fingerprint density at radius 1 is 1.50 bits per heavy atom. The minimum absolute atomic E-state index is 0.0265. The smallest absolute Gasteiger partial charge is 0.127 e. The molecule has 16 heavy (non-hydrogen) atoms. The van der Waals surface area contributed by atoms with Crippen molar-refractivity contribution in [2.45, 2.75) is 19.5 Å². The van der Waals surface area contributed by atoms with Crippen LogP contribution in [0.25, 0.3) is 0 Å². The molecular weight excluding hydrogens is 209 g/mol. The first-order valence-electron chi connectivity index (χ1n) is 5.25. The summed E-state index contributed by atoms with van der Waals surface area (Å²) < 4.78 is 18.3. The van der Waals surface area contributed by atoms with Crippen molar-refractivity contribution in [3.8, 4) is 0 Å². The molecule has 0 bridgehead atoms. The van der Waals surface area contributed by atoms with Gasteiger partial charge in [-0.3, -0.25) is 0 Å². The maximum atomic E-state index is 13.4. The van der Waals surface area contributed by atoms with Gasteiger partial charge in [-0.1, -0.05) is 17.7 Å². The number of aliphatic hydroxyl groups excluding tert-OH is 1. The third kappa shape index (κ3) is 3.89. The number of aryl methyl sites for hydroxylation is 1. The summed E-state index contributed by atoms with van der Waals surface area (Å²) in [5.41, 5.74) is 1.63. The quantitative estimate of drug-likeness (QED) is 0.768. The van der Waals surface area contributed by atoms with E-state index in [2.05, 4.69) is 5.32 Å². The minimum atomic E-state index is -0.229. The molecule has 0 aliphatic heterocycles. The normalized spacial score (nSPS) is 12.8. The fourth-order valence-electron chi connectivity index (χ4n) is 1.47. The van der Waals surface area contributed by atoms with Gasteiger partial charge in [-0.05, 0) is 13.0 Å². The Morgan fingerprint density at radius 3 is 2.88 bits per heavy atom. The van der Waals surface area contributed by atoms with Crippen LogP contribution < -0.4 is 5.32 Å². The van der Waals surface area contributed by atoms with Gasteiger partial charge in [0.1, 0.15) is 5.82 Å². The molecule has 0 aromatic heterocycles. The van der Waals surface area contributed by atoms with Crippen molar-refractivity contribution in [1.29, 1.82) is 0 Å². The zero-order valence-corrected chi connectivity index (χ0v) is 9.66. The first kappa shape index (κ1) is 13.1. The molecular formula is C12H18FNO2. The highest BCUT2D eigenvalue weighted by Crippen LogP contribution is 2.09. The maximum absolute atomic E-state index is 13.4. The Bertz CT molecular complexity index is 331. The van der Waals surface area contributed by atoms with Crippen LogP contribution in [-0.2, 0) is 11.3 Å². The monoisotopic (exact) mass is 227 g/mol. The Labute approximate surface area is 95.2 Å². The first-order chi connectivity index (χ1) is 7.67. The second-order valence-electron chi connectivity index (χ2n) is 3.81. The molecule has 0 heterocycles. The molecule has 0 amide bonds. The molecule has 2 N–H and O–H groups in total. The van der Waals surface area contributed by atoms with Gasteiger partial charge < -0.3 is 15.2 Å². The summed E-state index contributed by atoms with van der Waals surface area (Å²) in [4.78, 5) is 0. The zero-order valence-electron chi connectivity index (χ0n) is 9.66. The van der Waals surface area contributed by atoms with E-state index in [-0.39, 0.29) is 18.5 Å². The second-order valence-corrected chi connectivity index (χ2v) is 3.81. The molecule has 1 aromatic carbocycles. The summed E-state index contributed by atoms with van der Waals surface area (Å²) >= 11 is 0. The summed E-state index contributed by atoms with van der Waals surface area (Å²) in [5, 5.41) is 12.1. The number of hydrogen-bond acceptors (Lipinski definition) is 3. The van der Waals surface area contributed by atoms with Gasteiger partial charge in [0.2, 0.25) is 0 Å². The molecule has 0 spiro atoms. The standard InChI is InChI=1S/C12H18FNO2/c1-9-3-4-12(13)10(5-9)6-14-11(7-15)8-16-2/h3-5,11,14-15H,6-8H2,1-2H3. The Balaban J connectivity index is 2.55. The van der Waals surface area contributed by atoms with Crippen molar-refractivity contribution in [2.75, 3.05) is 20.3 Å². The van der Waals surface area contributed by atoms with Crippen LogP contribution in [0.1, 0.15) is 11.1 Å². The predicted octanol–water partition coefficient (Wildman–Crippen LogP) is 1.23. The minimum Gasteiger partial charge on any atom is -0.395 e. The van der Waals surface area contributed by atoms with Crippen molar-refractivity contribution >= 4 is 0 Å². The summed E-state index contributed by atoms with van der Waals surface area (Å²) in [5.74, 6) is -0.229. The average molecular weight is 227 g/mol. The predicted molar refractivity (Wildman–Crippen MR) is 60.7 cm³/mol. The van der Waals surface area contributed by atoms with E-state index in [4.69, 9.17) is 9.84 Å². The molecule has 0 aliphatic carbocycles. The van der Waals surface area contributed by atoms with E-state index in [9.17, 15) is 4.39 Å². The highest BCUT2D eigenvalue weighted by Gasteiger charge is 2.08. The SMILES string of the molecule is COCC(CO)NCc1cc(C)ccc1F. The Kier molecular flexibility index (Phi) is 5.38. The van der Waals surface area contributed by atoms with Crippen molar-refractivity contribution < 1.29 is 14.2 Å². The fraction of sp³-hybridized carbons (Fsp3) is 0.500. The van der Waals surface area contributed by atoms with E-state index in [1.807, 2.05) is 6.92 Å². The molecule has 0 saturated heterocycles. The highest BCUT2D eigenvalue weighted by atomic mass is 19.1. The van der Waals surface area contributed by atoms with Crippen LogP contribution in [0.5, 0.6) is 0 Å². The lowest BCUT2D eigenvalue weighted by molar-refractivity contribution is 0.128. The van der Waals surface area contributed by atoms with Gasteiger partial charge in [0.15, 0.2) is 0 Å². The van der Waals surface area contributed by atoms with Crippen LogP contribution in [-0.4, -0.2) is 31.5 Å². The van der Waals surface area contributed by atoms with Crippen LogP contribution in [0.15, 0.2) is 18.2 Å². The summed E-state index contributed by atoms with van der Waals surface area (Å²) in [6, 6.07) is 4.82. The van der Waals surface area contributed by atoms with Gasteiger partial charge in [-0.25, -0.2) is 4.39 Å². The third-order valence-corrected chi connectivity index (χ3v) is 2.37.